The van der Waals surface area contributed by atoms with Gasteiger partial charge in [0.15, 0.2) is 6.10 Å². The van der Waals surface area contributed by atoms with Crippen LogP contribution in [0.3, 0.4) is 0 Å². The first-order valence-corrected chi connectivity index (χ1v) is 15.2. The average molecular weight is 594 g/mol. The third kappa shape index (κ3) is 8.44. The Morgan fingerprint density at radius 2 is 1.55 bits per heavy atom. The minimum absolute atomic E-state index is 0.0358. The molecule has 0 saturated carbocycles. The zero-order chi connectivity index (χ0) is 31.9. The second-order valence-electron chi connectivity index (χ2n) is 12.5. The van der Waals surface area contributed by atoms with Crippen LogP contribution in [0.2, 0.25) is 0 Å². The lowest BCUT2D eigenvalue weighted by Crippen LogP contribution is -2.60. The van der Waals surface area contributed by atoms with E-state index in [4.69, 9.17) is 4.74 Å². The Kier molecular flexibility index (Phi) is 12.8. The number of amides is 5. The number of rotatable bonds is 5. The Bertz CT molecular complexity index is 1020. The number of ether oxygens (including phenoxy) is 1. The summed E-state index contributed by atoms with van der Waals surface area (Å²) in [6.07, 6.45) is 0.636. The molecule has 5 amide bonds. The van der Waals surface area contributed by atoms with E-state index < -0.39 is 65.8 Å². The molecule has 0 bridgehead atoms. The molecule has 0 aromatic heterocycles. The summed E-state index contributed by atoms with van der Waals surface area (Å²) < 4.78 is 5.59. The molecule has 2 saturated heterocycles. The zero-order valence-electron chi connectivity index (χ0n) is 26.8. The number of esters is 1. The van der Waals surface area contributed by atoms with Gasteiger partial charge in [0.1, 0.15) is 24.2 Å². The fraction of sp³-hybridized carbons (Fsp3) is 0.800. The van der Waals surface area contributed by atoms with Gasteiger partial charge in [-0.05, 0) is 43.9 Å². The second kappa shape index (κ2) is 15.3. The molecule has 2 rings (SSSR count). The van der Waals surface area contributed by atoms with Gasteiger partial charge in [0.25, 0.3) is 5.91 Å². The van der Waals surface area contributed by atoms with Crippen molar-refractivity contribution in [1.29, 1.82) is 0 Å². The van der Waals surface area contributed by atoms with Crippen LogP contribution in [0.15, 0.2) is 0 Å². The van der Waals surface area contributed by atoms with Crippen molar-refractivity contribution in [2.45, 2.75) is 111 Å². The van der Waals surface area contributed by atoms with Crippen LogP contribution in [0.4, 0.5) is 0 Å². The van der Waals surface area contributed by atoms with E-state index in [2.05, 4.69) is 10.6 Å². The molecule has 6 atom stereocenters. The highest BCUT2D eigenvalue weighted by Crippen LogP contribution is 2.24. The number of carbonyl (C=O) groups excluding carboxylic acids is 6. The molecule has 12 heteroatoms. The summed E-state index contributed by atoms with van der Waals surface area (Å²) >= 11 is 0. The number of carbonyl (C=O) groups is 6. The molecule has 0 aromatic carbocycles. The fourth-order valence-corrected chi connectivity index (χ4v) is 5.53. The molecule has 2 aliphatic heterocycles. The lowest BCUT2D eigenvalue weighted by Gasteiger charge is -2.38. The third-order valence-electron chi connectivity index (χ3n) is 8.44. The van der Waals surface area contributed by atoms with E-state index >= 15 is 0 Å². The number of cyclic esters (lactones) is 1. The van der Waals surface area contributed by atoms with Gasteiger partial charge in [-0.2, -0.15) is 0 Å². The van der Waals surface area contributed by atoms with E-state index in [-0.39, 0.29) is 37.1 Å². The number of nitrogens with zero attached hydrogens (tertiary/aromatic N) is 3. The highest BCUT2D eigenvalue weighted by atomic mass is 16.5. The minimum Gasteiger partial charge on any atom is -0.452 e. The van der Waals surface area contributed by atoms with Gasteiger partial charge in [-0.15, -0.1) is 0 Å². The van der Waals surface area contributed by atoms with Crippen molar-refractivity contribution in [3.05, 3.63) is 0 Å². The molecule has 0 unspecified atom stereocenters. The number of fused-ring (bicyclic) bond motifs is 1. The molecule has 238 valence electrons. The van der Waals surface area contributed by atoms with E-state index in [1.54, 1.807) is 14.0 Å². The molecular formula is C30H51N5O7. The highest BCUT2D eigenvalue weighted by Gasteiger charge is 2.42. The number of nitrogens with one attached hydrogen (secondary N) is 2. The second-order valence-corrected chi connectivity index (χ2v) is 12.5. The maximum atomic E-state index is 13.9. The molecule has 2 fully saturated rings. The highest BCUT2D eigenvalue weighted by molar-refractivity contribution is 5.96. The summed E-state index contributed by atoms with van der Waals surface area (Å²) in [4.78, 5) is 84.6. The zero-order valence-corrected chi connectivity index (χ0v) is 26.8. The van der Waals surface area contributed by atoms with Crippen molar-refractivity contribution in [2.24, 2.45) is 17.8 Å². The summed E-state index contributed by atoms with van der Waals surface area (Å²) in [5.74, 6) is -3.36. The molecule has 0 spiro atoms. The van der Waals surface area contributed by atoms with Crippen LogP contribution in [0.1, 0.15) is 80.6 Å². The van der Waals surface area contributed by atoms with Gasteiger partial charge in [-0.1, -0.05) is 48.0 Å². The van der Waals surface area contributed by atoms with Crippen LogP contribution in [0, 0.1) is 17.8 Å². The van der Waals surface area contributed by atoms with Crippen LogP contribution >= 0.6 is 0 Å². The first kappa shape index (κ1) is 35.0. The number of hydrogen-bond acceptors (Lipinski definition) is 7. The van der Waals surface area contributed by atoms with Crippen molar-refractivity contribution in [1.82, 2.24) is 25.3 Å². The molecule has 0 aliphatic carbocycles. The molecule has 0 aromatic rings. The summed E-state index contributed by atoms with van der Waals surface area (Å²) in [5, 5.41) is 5.57. The van der Waals surface area contributed by atoms with Crippen LogP contribution in [0.5, 0.6) is 0 Å². The molecule has 2 N–H and O–H groups in total. The van der Waals surface area contributed by atoms with Gasteiger partial charge in [0.2, 0.25) is 23.6 Å². The van der Waals surface area contributed by atoms with E-state index in [0.29, 0.717) is 25.8 Å². The Morgan fingerprint density at radius 1 is 0.905 bits per heavy atom. The predicted octanol–water partition coefficient (Wildman–Crippen LogP) is 1.32. The summed E-state index contributed by atoms with van der Waals surface area (Å²) in [7, 11) is 3.04. The van der Waals surface area contributed by atoms with E-state index in [9.17, 15) is 28.8 Å². The molecule has 0 radical (unpaired) electrons. The summed E-state index contributed by atoms with van der Waals surface area (Å²) in [5.41, 5.74) is 0. The van der Waals surface area contributed by atoms with Crippen molar-refractivity contribution in [3.63, 3.8) is 0 Å². The Morgan fingerprint density at radius 3 is 2.12 bits per heavy atom. The smallest absolute Gasteiger partial charge is 0.308 e. The topological polar surface area (TPSA) is 145 Å². The van der Waals surface area contributed by atoms with E-state index in [1.807, 2.05) is 41.5 Å². The lowest BCUT2D eigenvalue weighted by atomic mass is 9.94. The van der Waals surface area contributed by atoms with Crippen molar-refractivity contribution < 1.29 is 33.5 Å². The minimum atomic E-state index is -1.07. The first-order chi connectivity index (χ1) is 19.6. The monoisotopic (exact) mass is 593 g/mol. The number of hydrogen-bond donors (Lipinski definition) is 2. The largest absolute Gasteiger partial charge is 0.452 e. The standard InChI is InChI=1S/C30H51N5O7/c1-10-19(6)24-29(40)34(9)25(18(4)5)30(41)33(8)20(7)26(37)31-14-13-23(36)42-22(16-17(2)3)28(39)35-15-11-12-21(35)27(38)32-24/h17-22,24-25H,10-16H2,1-9H3,(H,31,37)(H,32,38)/t19-,20-,21+,22-,24-,25+/m0/s1. The maximum Gasteiger partial charge on any atom is 0.308 e. The van der Waals surface area contributed by atoms with E-state index in [1.165, 1.54) is 21.7 Å². The normalized spacial score (nSPS) is 28.6. The summed E-state index contributed by atoms with van der Waals surface area (Å²) in [6.45, 7) is 13.1. The van der Waals surface area contributed by atoms with Crippen molar-refractivity contribution >= 4 is 35.5 Å². The molecular weight excluding hydrogens is 542 g/mol. The maximum absolute atomic E-state index is 13.9. The van der Waals surface area contributed by atoms with E-state index in [0.717, 1.165) is 0 Å². The molecule has 2 heterocycles. The van der Waals surface area contributed by atoms with Crippen LogP contribution < -0.4 is 10.6 Å². The predicted molar refractivity (Wildman–Crippen MR) is 157 cm³/mol. The SMILES string of the molecule is CC[C@H](C)[C@@H]1NC(=O)[C@H]2CCCN2C(=O)[C@H](CC(C)C)OC(=O)CCNC(=O)[C@H](C)N(C)C(=O)[C@@H](C(C)C)N(C)C1=O. The van der Waals surface area contributed by atoms with Crippen molar-refractivity contribution in [3.8, 4) is 0 Å². The van der Waals surface area contributed by atoms with Gasteiger partial charge >= 0.3 is 5.97 Å². The van der Waals surface area contributed by atoms with Crippen LogP contribution in [0.25, 0.3) is 0 Å². The first-order valence-electron chi connectivity index (χ1n) is 15.2. The van der Waals surface area contributed by atoms with Crippen molar-refractivity contribution in [2.75, 3.05) is 27.2 Å². The van der Waals surface area contributed by atoms with Crippen LogP contribution in [-0.4, -0.2) is 108 Å². The quantitative estimate of drug-likeness (QED) is 0.457. The Hall–Kier alpha value is -3.18. The lowest BCUT2D eigenvalue weighted by molar-refractivity contribution is -0.162. The third-order valence-corrected chi connectivity index (χ3v) is 8.44. The van der Waals surface area contributed by atoms with Gasteiger partial charge < -0.3 is 30.1 Å². The molecule has 42 heavy (non-hydrogen) atoms. The summed E-state index contributed by atoms with van der Waals surface area (Å²) in [6, 6.07) is -3.52. The van der Waals surface area contributed by atoms with Gasteiger partial charge in [-0.3, -0.25) is 28.8 Å². The molecule has 2 aliphatic rings. The van der Waals surface area contributed by atoms with Crippen LogP contribution in [-0.2, 0) is 33.5 Å². The fourth-order valence-electron chi connectivity index (χ4n) is 5.53. The van der Waals surface area contributed by atoms with Gasteiger partial charge in [0.05, 0.1) is 6.42 Å². The van der Waals surface area contributed by atoms with Gasteiger partial charge in [0, 0.05) is 27.2 Å². The number of likely N-dealkylation sites (N-methyl/N-ethyl adjacent to an activating group) is 2. The van der Waals surface area contributed by atoms with Gasteiger partial charge in [-0.25, -0.2) is 0 Å². The average Bonchev–Trinajstić information content (AvgIpc) is 3.42. The molecule has 12 nitrogen and oxygen atoms in total. The Labute approximate surface area is 250 Å². The Balaban J connectivity index is 2.54.